The monoisotopic (exact) mass is 159 g/mol. The summed E-state index contributed by atoms with van der Waals surface area (Å²) >= 11 is 0. The molecule has 0 radical (unpaired) electrons. The van der Waals surface area contributed by atoms with Crippen molar-refractivity contribution in [2.45, 2.75) is 25.9 Å². The van der Waals surface area contributed by atoms with Crippen LogP contribution in [-0.4, -0.2) is 29.5 Å². The second-order valence-corrected chi connectivity index (χ2v) is 2.94. The van der Waals surface area contributed by atoms with Gasteiger partial charge in [0, 0.05) is 19.4 Å². The van der Waals surface area contributed by atoms with Crippen LogP contribution in [0, 0.1) is 0 Å². The molecular formula is C8H17NO2. The quantitative estimate of drug-likeness (QED) is 0.551. The molecule has 3 nitrogen and oxygen atoms in total. The van der Waals surface area contributed by atoms with Gasteiger partial charge in [0.2, 0.25) is 0 Å². The zero-order valence-corrected chi connectivity index (χ0v) is 7.39. The van der Waals surface area contributed by atoms with Gasteiger partial charge in [-0.15, -0.1) is 0 Å². The molecule has 0 atom stereocenters. The van der Waals surface area contributed by atoms with Gasteiger partial charge >= 0.3 is 0 Å². The van der Waals surface area contributed by atoms with E-state index in [-0.39, 0.29) is 6.61 Å². The molecule has 0 aromatic carbocycles. The predicted molar refractivity (Wildman–Crippen MR) is 45.1 cm³/mol. The number of hydrogen-bond acceptors (Lipinski definition) is 3. The van der Waals surface area contributed by atoms with Crippen LogP contribution in [0.3, 0.4) is 0 Å². The first kappa shape index (κ1) is 10.5. The van der Waals surface area contributed by atoms with Gasteiger partial charge < -0.3 is 15.5 Å². The summed E-state index contributed by atoms with van der Waals surface area (Å²) in [6, 6.07) is 0. The molecule has 0 aromatic heterocycles. The molecule has 3 heteroatoms. The van der Waals surface area contributed by atoms with Gasteiger partial charge in [-0.2, -0.15) is 0 Å². The molecule has 0 heterocycles. The fourth-order valence-electron chi connectivity index (χ4n) is 0.867. The van der Waals surface area contributed by atoms with Crippen molar-refractivity contribution in [3.63, 3.8) is 0 Å². The third-order valence-corrected chi connectivity index (χ3v) is 1.41. The Morgan fingerprint density at radius 1 is 1.55 bits per heavy atom. The first-order chi connectivity index (χ1) is 5.02. The smallest absolute Gasteiger partial charge is 0.0980 e. The van der Waals surface area contributed by atoms with Crippen LogP contribution in [0.5, 0.6) is 0 Å². The van der Waals surface area contributed by atoms with Crippen LogP contribution < -0.4 is 5.32 Å². The maximum Gasteiger partial charge on any atom is 0.0980 e. The second kappa shape index (κ2) is 4.36. The van der Waals surface area contributed by atoms with Crippen molar-refractivity contribution < 1.29 is 10.2 Å². The highest BCUT2D eigenvalue weighted by Gasteiger charge is 2.16. The van der Waals surface area contributed by atoms with Gasteiger partial charge in [0.15, 0.2) is 0 Å². The van der Waals surface area contributed by atoms with E-state index in [1.54, 1.807) is 27.0 Å². The van der Waals surface area contributed by atoms with Crippen LogP contribution >= 0.6 is 0 Å². The minimum absolute atomic E-state index is 0.112. The minimum atomic E-state index is -0.843. The van der Waals surface area contributed by atoms with Crippen molar-refractivity contribution >= 4 is 0 Å². The van der Waals surface area contributed by atoms with Gasteiger partial charge in [-0.05, 0) is 20.3 Å². The molecule has 0 fully saturated rings. The van der Waals surface area contributed by atoms with Crippen LogP contribution in [0.1, 0.15) is 20.3 Å². The lowest BCUT2D eigenvalue weighted by Crippen LogP contribution is -2.30. The average Bonchev–Trinajstić information content (AvgIpc) is 1.87. The van der Waals surface area contributed by atoms with Crippen LogP contribution in [-0.2, 0) is 0 Å². The van der Waals surface area contributed by atoms with E-state index >= 15 is 0 Å². The Labute approximate surface area is 67.7 Å². The van der Waals surface area contributed by atoms with Crippen molar-refractivity contribution in [2.75, 3.05) is 13.7 Å². The maximum absolute atomic E-state index is 9.49. The summed E-state index contributed by atoms with van der Waals surface area (Å²) in [6.45, 7) is 3.51. The van der Waals surface area contributed by atoms with Gasteiger partial charge in [0.1, 0.15) is 0 Å². The van der Waals surface area contributed by atoms with E-state index in [0.29, 0.717) is 6.42 Å². The van der Waals surface area contributed by atoms with Crippen molar-refractivity contribution in [3.05, 3.63) is 11.8 Å². The van der Waals surface area contributed by atoms with E-state index in [9.17, 15) is 5.11 Å². The highest BCUT2D eigenvalue weighted by Crippen LogP contribution is 2.11. The predicted octanol–water partition coefficient (Wildman–Crippen LogP) is 0.243. The first-order valence-corrected chi connectivity index (χ1v) is 3.74. The van der Waals surface area contributed by atoms with Crippen molar-refractivity contribution in [2.24, 2.45) is 0 Å². The fraction of sp³-hybridized carbons (Fsp3) is 0.750. The summed E-state index contributed by atoms with van der Waals surface area (Å²) in [7, 11) is 1.75. The molecule has 0 saturated carbocycles. The van der Waals surface area contributed by atoms with Gasteiger partial charge in [-0.3, -0.25) is 0 Å². The molecule has 0 aromatic rings. The van der Waals surface area contributed by atoms with E-state index in [0.717, 1.165) is 5.70 Å². The zero-order chi connectivity index (χ0) is 8.91. The van der Waals surface area contributed by atoms with Gasteiger partial charge in [-0.25, -0.2) is 0 Å². The molecule has 0 spiro atoms. The molecule has 0 unspecified atom stereocenters. The summed E-state index contributed by atoms with van der Waals surface area (Å²) in [5.41, 5.74) is -0.101. The molecule has 3 N–H and O–H groups in total. The van der Waals surface area contributed by atoms with E-state index in [2.05, 4.69) is 5.32 Å². The summed E-state index contributed by atoms with van der Waals surface area (Å²) in [6.07, 6.45) is 2.36. The minimum Gasteiger partial charge on any atom is -0.396 e. The maximum atomic E-state index is 9.49. The van der Waals surface area contributed by atoms with Crippen molar-refractivity contribution in [1.82, 2.24) is 5.32 Å². The largest absolute Gasteiger partial charge is 0.396 e. The second-order valence-electron chi connectivity index (χ2n) is 2.94. The van der Waals surface area contributed by atoms with Crippen molar-refractivity contribution in [3.8, 4) is 0 Å². The van der Waals surface area contributed by atoms with Crippen LogP contribution in [0.4, 0.5) is 0 Å². The van der Waals surface area contributed by atoms with Gasteiger partial charge in [0.25, 0.3) is 0 Å². The molecule has 0 rings (SSSR count). The number of hydrogen-bond donors (Lipinski definition) is 3. The van der Waals surface area contributed by atoms with E-state index < -0.39 is 5.60 Å². The van der Waals surface area contributed by atoms with E-state index in [1.807, 2.05) is 0 Å². The normalized spacial score (nSPS) is 13.4. The Morgan fingerprint density at radius 3 is 2.36 bits per heavy atom. The molecule has 0 amide bonds. The Morgan fingerprint density at radius 2 is 2.09 bits per heavy atom. The molecule has 0 aliphatic heterocycles. The lowest BCUT2D eigenvalue weighted by Gasteiger charge is -2.21. The summed E-state index contributed by atoms with van der Waals surface area (Å²) < 4.78 is 0. The van der Waals surface area contributed by atoms with Gasteiger partial charge in [0.05, 0.1) is 5.60 Å². The number of rotatable bonds is 4. The molecule has 0 saturated heterocycles. The fourth-order valence-corrected chi connectivity index (χ4v) is 0.867. The third-order valence-electron chi connectivity index (χ3n) is 1.41. The number of likely N-dealkylation sites (N-methyl/N-ethyl adjacent to an activating group) is 1. The van der Waals surface area contributed by atoms with Crippen LogP contribution in [0.15, 0.2) is 11.8 Å². The Kier molecular flexibility index (Phi) is 4.15. The van der Waals surface area contributed by atoms with E-state index in [1.165, 1.54) is 0 Å². The third kappa shape index (κ3) is 4.01. The van der Waals surface area contributed by atoms with Crippen LogP contribution in [0.25, 0.3) is 0 Å². The van der Waals surface area contributed by atoms with Crippen LogP contribution in [0.2, 0.25) is 0 Å². The SMILES string of the molecule is CN/C(=C/CCO)C(C)(C)O. The Bertz CT molecular complexity index is 136. The topological polar surface area (TPSA) is 52.5 Å². The molecule has 66 valence electrons. The highest BCUT2D eigenvalue weighted by molar-refractivity contribution is 5.10. The van der Waals surface area contributed by atoms with E-state index in [4.69, 9.17) is 5.11 Å². The molecular weight excluding hydrogens is 142 g/mol. The van der Waals surface area contributed by atoms with Crippen molar-refractivity contribution in [1.29, 1.82) is 0 Å². The Balaban J connectivity index is 4.16. The van der Waals surface area contributed by atoms with Gasteiger partial charge in [-0.1, -0.05) is 6.08 Å². The molecule has 11 heavy (non-hydrogen) atoms. The first-order valence-electron chi connectivity index (χ1n) is 3.74. The Hall–Kier alpha value is -0.540. The lowest BCUT2D eigenvalue weighted by molar-refractivity contribution is 0.112. The highest BCUT2D eigenvalue weighted by atomic mass is 16.3. The number of aliphatic hydroxyl groups is 2. The number of aliphatic hydroxyl groups excluding tert-OH is 1. The average molecular weight is 159 g/mol. The lowest BCUT2D eigenvalue weighted by atomic mass is 10.0. The summed E-state index contributed by atoms with van der Waals surface area (Å²) in [5, 5.41) is 20.9. The molecule has 0 aliphatic rings. The molecule has 0 bridgehead atoms. The summed E-state index contributed by atoms with van der Waals surface area (Å²) in [5.74, 6) is 0. The summed E-state index contributed by atoms with van der Waals surface area (Å²) in [4.78, 5) is 0. The number of nitrogens with one attached hydrogen (secondary N) is 1. The standard InChI is InChI=1S/C8H17NO2/c1-8(2,11)7(9-3)5-4-6-10/h5,9-11H,4,6H2,1-3H3/b7-5+. The zero-order valence-electron chi connectivity index (χ0n) is 7.39. The molecule has 0 aliphatic carbocycles.